The number of hydrogen-bond acceptors (Lipinski definition) is 10. The van der Waals surface area contributed by atoms with E-state index in [4.69, 9.17) is 23.7 Å². The minimum absolute atomic E-state index is 0.0157. The fourth-order valence-corrected chi connectivity index (χ4v) is 5.74. The second-order valence-electron chi connectivity index (χ2n) is 12.1. The summed E-state index contributed by atoms with van der Waals surface area (Å²) in [5.74, 6) is 0.403. The van der Waals surface area contributed by atoms with Gasteiger partial charge in [-0.1, -0.05) is 75.4 Å². The first kappa shape index (κ1) is 35.7. The molecular formula is C38H39N3O8S. The lowest BCUT2D eigenvalue weighted by Gasteiger charge is -2.20. The Morgan fingerprint density at radius 1 is 0.780 bits per heavy atom. The van der Waals surface area contributed by atoms with Gasteiger partial charge in [-0.2, -0.15) is 4.98 Å². The van der Waals surface area contributed by atoms with Crippen LogP contribution in [-0.4, -0.2) is 45.2 Å². The third-order valence-electron chi connectivity index (χ3n) is 7.51. The van der Waals surface area contributed by atoms with Crippen molar-refractivity contribution in [1.29, 1.82) is 0 Å². The standard InChI is InChI=1S/C38H39N3O8S/c1-38(2,3)28-17-21-30(22-18-28)50(43,44)41-36-34(49-32-14-10-9-13-31(32)46-5)37(40-35(39-36)27-15-19-29(45-4)20-16-27)47-24-23-33(42)48-25-26-11-7-6-8-12-26/h6-22H,23-25H2,1-5H3,(H,39,40,41). The molecule has 12 heteroatoms. The van der Waals surface area contributed by atoms with Crippen molar-refractivity contribution in [2.24, 2.45) is 0 Å². The highest BCUT2D eigenvalue weighted by Gasteiger charge is 2.26. The third kappa shape index (κ3) is 9.08. The van der Waals surface area contributed by atoms with E-state index in [0.29, 0.717) is 17.1 Å². The summed E-state index contributed by atoms with van der Waals surface area (Å²) in [7, 11) is -1.17. The molecule has 0 saturated carbocycles. The van der Waals surface area contributed by atoms with Crippen molar-refractivity contribution in [3.05, 3.63) is 114 Å². The average molecular weight is 698 g/mol. The van der Waals surface area contributed by atoms with Crippen LogP contribution in [0.25, 0.3) is 11.4 Å². The second kappa shape index (κ2) is 15.7. The van der Waals surface area contributed by atoms with Gasteiger partial charge in [0.2, 0.25) is 5.75 Å². The summed E-state index contributed by atoms with van der Waals surface area (Å²) < 4.78 is 58.8. The number of esters is 1. The van der Waals surface area contributed by atoms with Crippen LogP contribution < -0.4 is 23.7 Å². The maximum absolute atomic E-state index is 13.9. The molecular weight excluding hydrogens is 658 g/mol. The number of nitrogens with one attached hydrogen (secondary N) is 1. The number of sulfonamides is 1. The SMILES string of the molecule is COc1ccc(-c2nc(NS(=O)(=O)c3ccc(C(C)(C)C)cc3)c(Oc3ccccc3OC)c(OCCC(=O)OCc3ccccc3)n2)cc1. The maximum atomic E-state index is 13.9. The Morgan fingerprint density at radius 2 is 1.44 bits per heavy atom. The fourth-order valence-electron chi connectivity index (χ4n) is 4.73. The van der Waals surface area contributed by atoms with Crippen molar-refractivity contribution >= 4 is 21.8 Å². The molecule has 5 rings (SSSR count). The molecule has 260 valence electrons. The van der Waals surface area contributed by atoms with Crippen molar-refractivity contribution in [3.8, 4) is 40.3 Å². The Hall–Kier alpha value is -5.62. The third-order valence-corrected chi connectivity index (χ3v) is 8.87. The number of rotatable bonds is 14. The number of carbonyl (C=O) groups excluding carboxylic acids is 1. The molecule has 1 aromatic heterocycles. The van der Waals surface area contributed by atoms with Gasteiger partial charge in [-0.3, -0.25) is 9.52 Å². The van der Waals surface area contributed by atoms with Crippen LogP contribution in [0.5, 0.6) is 28.9 Å². The van der Waals surface area contributed by atoms with Gasteiger partial charge in [0.05, 0.1) is 25.5 Å². The van der Waals surface area contributed by atoms with Gasteiger partial charge in [0.25, 0.3) is 15.9 Å². The molecule has 1 N–H and O–H groups in total. The van der Waals surface area contributed by atoms with Gasteiger partial charge in [0.15, 0.2) is 23.1 Å². The van der Waals surface area contributed by atoms with Gasteiger partial charge in [0.1, 0.15) is 19.0 Å². The Kier molecular flexibility index (Phi) is 11.2. The molecule has 0 saturated heterocycles. The van der Waals surface area contributed by atoms with Crippen LogP contribution in [0.2, 0.25) is 0 Å². The van der Waals surface area contributed by atoms with Gasteiger partial charge in [0, 0.05) is 5.56 Å². The number of aromatic nitrogens is 2. The highest BCUT2D eigenvalue weighted by atomic mass is 32.2. The van der Waals surface area contributed by atoms with E-state index in [1.54, 1.807) is 67.8 Å². The van der Waals surface area contributed by atoms with Crippen molar-refractivity contribution in [1.82, 2.24) is 9.97 Å². The van der Waals surface area contributed by atoms with E-state index in [1.165, 1.54) is 19.2 Å². The average Bonchev–Trinajstić information content (AvgIpc) is 3.12. The lowest BCUT2D eigenvalue weighted by atomic mass is 9.87. The first-order valence-corrected chi connectivity index (χ1v) is 17.3. The number of benzene rings is 4. The van der Waals surface area contributed by atoms with E-state index in [1.807, 2.05) is 51.1 Å². The summed E-state index contributed by atoms with van der Waals surface area (Å²) in [5, 5.41) is 0. The van der Waals surface area contributed by atoms with Crippen molar-refractivity contribution in [2.75, 3.05) is 25.5 Å². The summed E-state index contributed by atoms with van der Waals surface area (Å²) >= 11 is 0. The van der Waals surface area contributed by atoms with E-state index >= 15 is 0 Å². The predicted molar refractivity (Wildman–Crippen MR) is 189 cm³/mol. The monoisotopic (exact) mass is 697 g/mol. The normalized spacial score (nSPS) is 11.4. The van der Waals surface area contributed by atoms with Crippen LogP contribution >= 0.6 is 0 Å². The van der Waals surface area contributed by atoms with Crippen LogP contribution in [0.1, 0.15) is 38.3 Å². The topological polar surface area (TPSA) is 135 Å². The van der Waals surface area contributed by atoms with E-state index in [2.05, 4.69) is 14.7 Å². The molecule has 0 fully saturated rings. The molecule has 0 radical (unpaired) electrons. The van der Waals surface area contributed by atoms with Crippen LogP contribution in [0.15, 0.2) is 108 Å². The van der Waals surface area contributed by atoms with Crippen molar-refractivity contribution < 1.29 is 36.9 Å². The van der Waals surface area contributed by atoms with Crippen LogP contribution in [-0.2, 0) is 31.6 Å². The van der Waals surface area contributed by atoms with Crippen molar-refractivity contribution in [3.63, 3.8) is 0 Å². The first-order chi connectivity index (χ1) is 24.0. The van der Waals surface area contributed by atoms with E-state index in [0.717, 1.165) is 11.1 Å². The number of carbonyl (C=O) groups is 1. The molecule has 5 aromatic rings. The Labute approximate surface area is 292 Å². The van der Waals surface area contributed by atoms with Gasteiger partial charge in [-0.05, 0) is 65.1 Å². The van der Waals surface area contributed by atoms with E-state index < -0.39 is 16.0 Å². The summed E-state index contributed by atoms with van der Waals surface area (Å²) in [4.78, 5) is 21.9. The van der Waals surface area contributed by atoms with Gasteiger partial charge >= 0.3 is 5.97 Å². The molecule has 0 atom stereocenters. The Morgan fingerprint density at radius 3 is 2.08 bits per heavy atom. The number of hydrogen-bond donors (Lipinski definition) is 1. The zero-order valence-corrected chi connectivity index (χ0v) is 29.3. The number of para-hydroxylation sites is 2. The van der Waals surface area contributed by atoms with Gasteiger partial charge in [-0.25, -0.2) is 13.4 Å². The molecule has 0 unspecified atom stereocenters. The molecule has 0 aliphatic carbocycles. The molecule has 4 aromatic carbocycles. The van der Waals surface area contributed by atoms with Crippen LogP contribution in [0.3, 0.4) is 0 Å². The molecule has 11 nitrogen and oxygen atoms in total. The van der Waals surface area contributed by atoms with Crippen LogP contribution in [0, 0.1) is 0 Å². The first-order valence-electron chi connectivity index (χ1n) is 15.8. The number of methoxy groups -OCH3 is 2. The van der Waals surface area contributed by atoms with E-state index in [9.17, 15) is 13.2 Å². The fraction of sp³-hybridized carbons (Fsp3) is 0.237. The minimum atomic E-state index is -4.20. The molecule has 0 bridgehead atoms. The largest absolute Gasteiger partial charge is 0.497 e. The molecule has 0 aliphatic heterocycles. The molecule has 0 aliphatic rings. The summed E-state index contributed by atoms with van der Waals surface area (Å²) in [5.41, 5.74) is 2.18. The maximum Gasteiger partial charge on any atom is 0.309 e. The molecule has 0 amide bonds. The minimum Gasteiger partial charge on any atom is -0.497 e. The zero-order valence-electron chi connectivity index (χ0n) is 28.5. The number of nitrogens with zero attached hydrogens (tertiary/aromatic N) is 2. The van der Waals surface area contributed by atoms with Crippen molar-refractivity contribution in [2.45, 2.75) is 44.1 Å². The van der Waals surface area contributed by atoms with E-state index in [-0.39, 0.29) is 59.0 Å². The van der Waals surface area contributed by atoms with Gasteiger partial charge in [-0.15, -0.1) is 0 Å². The second-order valence-corrected chi connectivity index (χ2v) is 13.8. The molecule has 1 heterocycles. The quantitative estimate of drug-likeness (QED) is 0.116. The highest BCUT2D eigenvalue weighted by molar-refractivity contribution is 7.92. The Bertz CT molecular complexity index is 2010. The molecule has 0 spiro atoms. The summed E-state index contributed by atoms with van der Waals surface area (Å²) in [6.45, 7) is 6.09. The smallest absolute Gasteiger partial charge is 0.309 e. The number of anilines is 1. The molecule has 50 heavy (non-hydrogen) atoms. The summed E-state index contributed by atoms with van der Waals surface area (Å²) in [6, 6.07) is 29.6. The predicted octanol–water partition coefficient (Wildman–Crippen LogP) is 7.56. The number of ether oxygens (including phenoxy) is 5. The lowest BCUT2D eigenvalue weighted by molar-refractivity contribution is -0.145. The summed E-state index contributed by atoms with van der Waals surface area (Å²) in [6.07, 6.45) is -0.121. The van der Waals surface area contributed by atoms with Gasteiger partial charge < -0.3 is 23.7 Å². The zero-order chi connectivity index (χ0) is 35.7. The Balaban J connectivity index is 1.54. The van der Waals surface area contributed by atoms with Crippen LogP contribution in [0.4, 0.5) is 5.82 Å². The lowest BCUT2D eigenvalue weighted by Crippen LogP contribution is -2.17. The highest BCUT2D eigenvalue weighted by Crippen LogP contribution is 2.42.